The van der Waals surface area contributed by atoms with Crippen molar-refractivity contribution in [2.24, 2.45) is 5.92 Å². The fourth-order valence-electron chi connectivity index (χ4n) is 2.56. The van der Waals surface area contributed by atoms with E-state index in [0.29, 0.717) is 12.0 Å². The standard InChI is InChI=1S/C17H23NO/c1-3-5-9-16(18-11-4-2)15-12-14-8-6-7-10-17(14)19-13-15/h6-8,10,15-16,18H,4,9,11-13H2,1-2H3. The monoisotopic (exact) mass is 257 g/mol. The van der Waals surface area contributed by atoms with Crippen LogP contribution in [-0.4, -0.2) is 19.2 Å². The van der Waals surface area contributed by atoms with Gasteiger partial charge in [0.15, 0.2) is 0 Å². The Morgan fingerprint density at radius 2 is 2.26 bits per heavy atom. The fourth-order valence-corrected chi connectivity index (χ4v) is 2.56. The van der Waals surface area contributed by atoms with Crippen LogP contribution in [0.5, 0.6) is 5.75 Å². The van der Waals surface area contributed by atoms with Crippen molar-refractivity contribution in [1.29, 1.82) is 0 Å². The zero-order valence-electron chi connectivity index (χ0n) is 11.9. The SMILES string of the molecule is CC#CCC(NCCC)C1COc2ccccc2C1. The van der Waals surface area contributed by atoms with Gasteiger partial charge in [-0.05, 0) is 37.9 Å². The Balaban J connectivity index is 2.03. The second kappa shape index (κ2) is 7.21. The van der Waals surface area contributed by atoms with Gasteiger partial charge in [-0.3, -0.25) is 0 Å². The molecule has 0 amide bonds. The fraction of sp³-hybridized carbons (Fsp3) is 0.529. The number of fused-ring (bicyclic) bond motifs is 1. The molecule has 2 atom stereocenters. The van der Waals surface area contributed by atoms with E-state index in [1.165, 1.54) is 5.56 Å². The number of ether oxygens (including phenoxy) is 1. The highest BCUT2D eigenvalue weighted by atomic mass is 16.5. The molecular weight excluding hydrogens is 234 g/mol. The minimum absolute atomic E-state index is 0.431. The van der Waals surface area contributed by atoms with Gasteiger partial charge >= 0.3 is 0 Å². The Kier molecular flexibility index (Phi) is 5.30. The van der Waals surface area contributed by atoms with Gasteiger partial charge in [0, 0.05) is 18.4 Å². The normalized spacial score (nSPS) is 18.7. The average molecular weight is 257 g/mol. The van der Waals surface area contributed by atoms with E-state index < -0.39 is 0 Å². The van der Waals surface area contributed by atoms with Gasteiger partial charge in [-0.2, -0.15) is 0 Å². The van der Waals surface area contributed by atoms with E-state index in [-0.39, 0.29) is 0 Å². The molecule has 1 aromatic carbocycles. The molecule has 0 aliphatic carbocycles. The maximum Gasteiger partial charge on any atom is 0.122 e. The molecule has 2 heteroatoms. The van der Waals surface area contributed by atoms with E-state index in [4.69, 9.17) is 4.74 Å². The minimum atomic E-state index is 0.431. The Labute approximate surface area is 116 Å². The number of hydrogen-bond donors (Lipinski definition) is 1. The number of rotatable bonds is 5. The van der Waals surface area contributed by atoms with Crippen molar-refractivity contribution < 1.29 is 4.74 Å². The summed E-state index contributed by atoms with van der Waals surface area (Å²) in [7, 11) is 0. The summed E-state index contributed by atoms with van der Waals surface area (Å²) in [5.41, 5.74) is 1.33. The molecule has 19 heavy (non-hydrogen) atoms. The van der Waals surface area contributed by atoms with E-state index in [2.05, 4.69) is 42.3 Å². The lowest BCUT2D eigenvalue weighted by atomic mass is 9.88. The Bertz CT molecular complexity index is 458. The van der Waals surface area contributed by atoms with E-state index in [1.54, 1.807) is 0 Å². The first-order valence-electron chi connectivity index (χ1n) is 7.18. The minimum Gasteiger partial charge on any atom is -0.493 e. The summed E-state index contributed by atoms with van der Waals surface area (Å²) < 4.78 is 5.89. The summed E-state index contributed by atoms with van der Waals surface area (Å²) in [6.45, 7) is 5.95. The molecule has 1 aliphatic rings. The van der Waals surface area contributed by atoms with Crippen molar-refractivity contribution in [2.45, 2.75) is 39.2 Å². The van der Waals surface area contributed by atoms with Gasteiger partial charge in [0.2, 0.25) is 0 Å². The first-order valence-corrected chi connectivity index (χ1v) is 7.18. The van der Waals surface area contributed by atoms with Crippen LogP contribution in [0.3, 0.4) is 0 Å². The molecule has 0 saturated heterocycles. The maximum absolute atomic E-state index is 5.89. The van der Waals surface area contributed by atoms with E-state index >= 15 is 0 Å². The summed E-state index contributed by atoms with van der Waals surface area (Å²) in [6.07, 6.45) is 3.15. The molecule has 0 aromatic heterocycles. The van der Waals surface area contributed by atoms with E-state index in [1.807, 2.05) is 13.0 Å². The predicted octanol–water partition coefficient (Wildman–Crippen LogP) is 3.02. The third kappa shape index (κ3) is 3.75. The maximum atomic E-state index is 5.89. The zero-order valence-corrected chi connectivity index (χ0v) is 11.9. The summed E-state index contributed by atoms with van der Waals surface area (Å²) >= 11 is 0. The smallest absolute Gasteiger partial charge is 0.122 e. The highest BCUT2D eigenvalue weighted by molar-refractivity contribution is 5.35. The summed E-state index contributed by atoms with van der Waals surface area (Å²) in [5.74, 6) is 7.78. The highest BCUT2D eigenvalue weighted by Gasteiger charge is 2.26. The Hall–Kier alpha value is -1.46. The molecule has 2 nitrogen and oxygen atoms in total. The Morgan fingerprint density at radius 3 is 3.05 bits per heavy atom. The molecule has 1 N–H and O–H groups in total. The van der Waals surface area contributed by atoms with Crippen molar-refractivity contribution in [3.05, 3.63) is 29.8 Å². The molecule has 2 rings (SSSR count). The highest BCUT2D eigenvalue weighted by Crippen LogP contribution is 2.28. The number of nitrogens with one attached hydrogen (secondary N) is 1. The van der Waals surface area contributed by atoms with Gasteiger partial charge in [-0.1, -0.05) is 25.1 Å². The molecule has 102 valence electrons. The van der Waals surface area contributed by atoms with Crippen molar-refractivity contribution in [2.75, 3.05) is 13.2 Å². The summed E-state index contributed by atoms with van der Waals surface area (Å²) in [6, 6.07) is 8.79. The molecule has 2 unspecified atom stereocenters. The average Bonchev–Trinajstić information content (AvgIpc) is 2.47. The van der Waals surface area contributed by atoms with Crippen LogP contribution in [0, 0.1) is 17.8 Å². The van der Waals surface area contributed by atoms with Crippen LogP contribution in [0.4, 0.5) is 0 Å². The van der Waals surface area contributed by atoms with Crippen molar-refractivity contribution >= 4 is 0 Å². The third-order valence-electron chi connectivity index (χ3n) is 3.63. The molecule has 1 heterocycles. The first-order chi connectivity index (χ1) is 9.35. The van der Waals surface area contributed by atoms with Crippen LogP contribution >= 0.6 is 0 Å². The Morgan fingerprint density at radius 1 is 1.42 bits per heavy atom. The van der Waals surface area contributed by atoms with Gasteiger partial charge in [-0.25, -0.2) is 0 Å². The van der Waals surface area contributed by atoms with Crippen LogP contribution in [-0.2, 0) is 6.42 Å². The lowest BCUT2D eigenvalue weighted by Gasteiger charge is -2.31. The van der Waals surface area contributed by atoms with Gasteiger partial charge in [0.1, 0.15) is 5.75 Å². The lowest BCUT2D eigenvalue weighted by Crippen LogP contribution is -2.41. The van der Waals surface area contributed by atoms with Gasteiger partial charge < -0.3 is 10.1 Å². The molecule has 0 saturated carbocycles. The number of benzene rings is 1. The molecular formula is C17H23NO. The lowest BCUT2D eigenvalue weighted by molar-refractivity contribution is 0.185. The molecule has 0 bridgehead atoms. The zero-order chi connectivity index (χ0) is 13.5. The quantitative estimate of drug-likeness (QED) is 0.819. The van der Waals surface area contributed by atoms with Crippen molar-refractivity contribution in [1.82, 2.24) is 5.32 Å². The van der Waals surface area contributed by atoms with Crippen LogP contribution in [0.1, 0.15) is 32.3 Å². The van der Waals surface area contributed by atoms with Crippen molar-refractivity contribution in [3.63, 3.8) is 0 Å². The van der Waals surface area contributed by atoms with Crippen LogP contribution < -0.4 is 10.1 Å². The molecule has 1 aliphatic heterocycles. The third-order valence-corrected chi connectivity index (χ3v) is 3.63. The summed E-state index contributed by atoms with van der Waals surface area (Å²) in [5, 5.41) is 3.62. The topological polar surface area (TPSA) is 21.3 Å². The second-order valence-corrected chi connectivity index (χ2v) is 5.07. The van der Waals surface area contributed by atoms with Gasteiger partial charge in [-0.15, -0.1) is 11.8 Å². The predicted molar refractivity (Wildman–Crippen MR) is 79.3 cm³/mol. The van der Waals surface area contributed by atoms with E-state index in [9.17, 15) is 0 Å². The number of para-hydroxylation sites is 1. The molecule has 0 radical (unpaired) electrons. The van der Waals surface area contributed by atoms with Crippen LogP contribution in [0.2, 0.25) is 0 Å². The first kappa shape index (κ1) is 14.0. The largest absolute Gasteiger partial charge is 0.493 e. The molecule has 1 aromatic rings. The van der Waals surface area contributed by atoms with Gasteiger partial charge in [0.05, 0.1) is 6.61 Å². The molecule has 0 spiro atoms. The van der Waals surface area contributed by atoms with Crippen molar-refractivity contribution in [3.8, 4) is 17.6 Å². The van der Waals surface area contributed by atoms with E-state index in [0.717, 1.165) is 38.2 Å². The molecule has 0 fully saturated rings. The second-order valence-electron chi connectivity index (χ2n) is 5.07. The summed E-state index contributed by atoms with van der Waals surface area (Å²) in [4.78, 5) is 0. The van der Waals surface area contributed by atoms with Gasteiger partial charge in [0.25, 0.3) is 0 Å². The number of hydrogen-bond acceptors (Lipinski definition) is 2. The van der Waals surface area contributed by atoms with Crippen LogP contribution in [0.15, 0.2) is 24.3 Å². The van der Waals surface area contributed by atoms with Crippen LogP contribution in [0.25, 0.3) is 0 Å².